The molecule has 3 aromatic rings. The van der Waals surface area contributed by atoms with Gasteiger partial charge in [0.2, 0.25) is 5.13 Å². The Morgan fingerprint density at radius 2 is 1.69 bits per heavy atom. The Kier molecular flexibility index (Phi) is 4.94. The van der Waals surface area contributed by atoms with Crippen molar-refractivity contribution in [3.63, 3.8) is 0 Å². The molecular formula is C21H16ClN3O3S. The first kappa shape index (κ1) is 19.3. The normalized spacial score (nSPS) is 18.4. The van der Waals surface area contributed by atoms with E-state index < -0.39 is 17.7 Å². The van der Waals surface area contributed by atoms with Crippen LogP contribution < -0.4 is 4.90 Å². The molecule has 0 radical (unpaired) electrons. The van der Waals surface area contributed by atoms with Crippen molar-refractivity contribution >= 4 is 45.5 Å². The monoisotopic (exact) mass is 425 g/mol. The Labute approximate surface area is 176 Å². The van der Waals surface area contributed by atoms with Crippen LogP contribution in [0.2, 0.25) is 5.02 Å². The lowest BCUT2D eigenvalue weighted by Crippen LogP contribution is -2.29. The number of benzene rings is 2. The van der Waals surface area contributed by atoms with E-state index in [1.165, 1.54) is 16.2 Å². The Morgan fingerprint density at radius 1 is 1.03 bits per heavy atom. The number of halogens is 1. The van der Waals surface area contributed by atoms with Crippen LogP contribution >= 0.6 is 22.9 Å². The summed E-state index contributed by atoms with van der Waals surface area (Å²) < 4.78 is 0. The number of aryl methyl sites for hydroxylation is 2. The Bertz CT molecular complexity index is 1140. The molecule has 1 saturated heterocycles. The van der Waals surface area contributed by atoms with Crippen LogP contribution in [0, 0.1) is 13.8 Å². The van der Waals surface area contributed by atoms with Gasteiger partial charge in [0.15, 0.2) is 0 Å². The first-order valence-electron chi connectivity index (χ1n) is 8.80. The third-order valence-corrected chi connectivity index (χ3v) is 5.77. The average Bonchev–Trinajstić information content (AvgIpc) is 3.24. The highest BCUT2D eigenvalue weighted by molar-refractivity contribution is 7.15. The molecule has 2 heterocycles. The molecule has 1 amide bonds. The van der Waals surface area contributed by atoms with Crippen LogP contribution in [0.3, 0.4) is 0 Å². The van der Waals surface area contributed by atoms with E-state index >= 15 is 0 Å². The van der Waals surface area contributed by atoms with Crippen molar-refractivity contribution in [1.82, 2.24) is 10.2 Å². The summed E-state index contributed by atoms with van der Waals surface area (Å²) in [5.41, 5.74) is 2.12. The molecule has 1 N–H and O–H groups in total. The number of hydrogen-bond acceptors (Lipinski definition) is 6. The van der Waals surface area contributed by atoms with Crippen LogP contribution in [0.15, 0.2) is 54.1 Å². The van der Waals surface area contributed by atoms with Crippen LogP contribution in [0.25, 0.3) is 5.76 Å². The summed E-state index contributed by atoms with van der Waals surface area (Å²) in [5, 5.41) is 20.5. The molecule has 0 spiro atoms. The molecule has 1 aliphatic rings. The molecule has 1 aromatic heterocycles. The molecule has 0 saturated carbocycles. The van der Waals surface area contributed by atoms with Gasteiger partial charge in [0.25, 0.3) is 5.78 Å². The minimum Gasteiger partial charge on any atom is -0.507 e. The highest BCUT2D eigenvalue weighted by Crippen LogP contribution is 2.43. The fourth-order valence-electron chi connectivity index (χ4n) is 3.24. The second kappa shape index (κ2) is 7.42. The number of aliphatic hydroxyl groups is 1. The van der Waals surface area contributed by atoms with Crippen molar-refractivity contribution in [3.8, 4) is 0 Å². The molecular weight excluding hydrogens is 410 g/mol. The van der Waals surface area contributed by atoms with Crippen LogP contribution in [-0.2, 0) is 9.59 Å². The Hall–Kier alpha value is -3.03. The molecule has 1 atom stereocenters. The molecule has 1 unspecified atom stereocenters. The van der Waals surface area contributed by atoms with Gasteiger partial charge in [0, 0.05) is 10.6 Å². The summed E-state index contributed by atoms with van der Waals surface area (Å²) in [4.78, 5) is 27.1. The summed E-state index contributed by atoms with van der Waals surface area (Å²) in [5.74, 6) is -1.75. The van der Waals surface area contributed by atoms with Gasteiger partial charge in [-0.2, -0.15) is 0 Å². The number of aromatic nitrogens is 2. The first-order valence-corrected chi connectivity index (χ1v) is 10.00. The summed E-state index contributed by atoms with van der Waals surface area (Å²) in [6.45, 7) is 3.69. The van der Waals surface area contributed by atoms with Crippen LogP contribution in [-0.4, -0.2) is 27.0 Å². The quantitative estimate of drug-likeness (QED) is 0.381. The zero-order valence-electron chi connectivity index (χ0n) is 15.6. The summed E-state index contributed by atoms with van der Waals surface area (Å²) in [6.07, 6.45) is 0. The van der Waals surface area contributed by atoms with E-state index in [-0.39, 0.29) is 11.3 Å². The number of rotatable bonds is 3. The van der Waals surface area contributed by atoms with E-state index in [2.05, 4.69) is 10.2 Å². The van der Waals surface area contributed by atoms with Gasteiger partial charge in [-0.3, -0.25) is 14.5 Å². The van der Waals surface area contributed by atoms with E-state index in [0.29, 0.717) is 26.3 Å². The highest BCUT2D eigenvalue weighted by Gasteiger charge is 2.48. The standard InChI is InChI=1S/C21H16ClN3O3S/c1-11-3-5-14(6-4-11)18(26)16-17(13-7-9-15(22)10-8-13)25(20(28)19(16)27)21-24-23-12(2)29-21/h3-10,17,26H,1-2H3/b18-16+. The molecule has 1 fully saturated rings. The topological polar surface area (TPSA) is 83.4 Å². The molecule has 0 bridgehead atoms. The van der Waals surface area contributed by atoms with Gasteiger partial charge in [-0.1, -0.05) is 64.9 Å². The number of nitrogens with zero attached hydrogens (tertiary/aromatic N) is 3. The van der Waals surface area contributed by atoms with E-state index in [9.17, 15) is 14.7 Å². The maximum absolute atomic E-state index is 12.9. The fraction of sp³-hybridized carbons (Fsp3) is 0.143. The van der Waals surface area contributed by atoms with Crippen molar-refractivity contribution in [1.29, 1.82) is 0 Å². The zero-order chi connectivity index (χ0) is 20.7. The lowest BCUT2D eigenvalue weighted by atomic mass is 9.95. The number of hydrogen-bond donors (Lipinski definition) is 1. The van der Waals surface area contributed by atoms with Gasteiger partial charge in [-0.15, -0.1) is 10.2 Å². The van der Waals surface area contributed by atoms with Crippen LogP contribution in [0.1, 0.15) is 27.7 Å². The van der Waals surface area contributed by atoms with Crippen molar-refractivity contribution < 1.29 is 14.7 Å². The van der Waals surface area contributed by atoms with Crippen molar-refractivity contribution in [3.05, 3.63) is 80.8 Å². The fourth-order valence-corrected chi connectivity index (χ4v) is 4.08. The van der Waals surface area contributed by atoms with E-state index in [1.807, 2.05) is 19.1 Å². The molecule has 1 aliphatic heterocycles. The van der Waals surface area contributed by atoms with Gasteiger partial charge in [0.05, 0.1) is 11.6 Å². The number of carbonyl (C=O) groups is 2. The molecule has 29 heavy (non-hydrogen) atoms. The van der Waals surface area contributed by atoms with E-state index in [0.717, 1.165) is 5.56 Å². The van der Waals surface area contributed by atoms with Gasteiger partial charge in [0.1, 0.15) is 10.8 Å². The maximum atomic E-state index is 12.9. The zero-order valence-corrected chi connectivity index (χ0v) is 17.2. The minimum atomic E-state index is -0.832. The smallest absolute Gasteiger partial charge is 0.301 e. The predicted molar refractivity (Wildman–Crippen MR) is 112 cm³/mol. The second-order valence-electron chi connectivity index (χ2n) is 6.69. The van der Waals surface area contributed by atoms with E-state index in [1.54, 1.807) is 43.3 Å². The lowest BCUT2D eigenvalue weighted by molar-refractivity contribution is -0.132. The van der Waals surface area contributed by atoms with Crippen molar-refractivity contribution in [2.45, 2.75) is 19.9 Å². The first-order chi connectivity index (χ1) is 13.9. The summed E-state index contributed by atoms with van der Waals surface area (Å²) in [7, 11) is 0. The van der Waals surface area contributed by atoms with Crippen LogP contribution in [0.4, 0.5) is 5.13 Å². The van der Waals surface area contributed by atoms with Gasteiger partial charge >= 0.3 is 5.91 Å². The van der Waals surface area contributed by atoms with Gasteiger partial charge < -0.3 is 5.11 Å². The SMILES string of the molecule is Cc1ccc(/C(O)=C2\C(=O)C(=O)N(c3nnc(C)s3)C2c2ccc(Cl)cc2)cc1. The molecule has 146 valence electrons. The predicted octanol–water partition coefficient (Wildman–Crippen LogP) is 4.43. The van der Waals surface area contributed by atoms with Crippen molar-refractivity contribution in [2.24, 2.45) is 0 Å². The van der Waals surface area contributed by atoms with Gasteiger partial charge in [-0.25, -0.2) is 0 Å². The molecule has 6 nitrogen and oxygen atoms in total. The number of amides is 1. The number of Topliss-reactive ketones (excluding diaryl/α,β-unsaturated/α-hetero) is 1. The number of aliphatic hydroxyl groups excluding tert-OH is 1. The largest absolute Gasteiger partial charge is 0.507 e. The summed E-state index contributed by atoms with van der Waals surface area (Å²) in [6, 6.07) is 13.1. The molecule has 0 aliphatic carbocycles. The van der Waals surface area contributed by atoms with E-state index in [4.69, 9.17) is 11.6 Å². The Balaban J connectivity index is 1.93. The van der Waals surface area contributed by atoms with Gasteiger partial charge in [-0.05, 0) is 31.5 Å². The third kappa shape index (κ3) is 3.43. The molecule has 8 heteroatoms. The van der Waals surface area contributed by atoms with Crippen molar-refractivity contribution in [2.75, 3.05) is 4.90 Å². The average molecular weight is 426 g/mol. The van der Waals surface area contributed by atoms with Crippen LogP contribution in [0.5, 0.6) is 0 Å². The third-order valence-electron chi connectivity index (χ3n) is 4.68. The Morgan fingerprint density at radius 3 is 2.28 bits per heavy atom. The molecule has 4 rings (SSSR count). The minimum absolute atomic E-state index is 0.00836. The number of anilines is 1. The second-order valence-corrected chi connectivity index (χ2v) is 8.29. The maximum Gasteiger partial charge on any atom is 0.301 e. The summed E-state index contributed by atoms with van der Waals surface area (Å²) >= 11 is 7.22. The number of carbonyl (C=O) groups excluding carboxylic acids is 2. The number of ketones is 1. The highest BCUT2D eigenvalue weighted by atomic mass is 35.5. The molecule has 2 aromatic carbocycles. The lowest BCUT2D eigenvalue weighted by Gasteiger charge is -2.22.